The van der Waals surface area contributed by atoms with Crippen molar-refractivity contribution in [2.75, 3.05) is 38.4 Å². The molecule has 8 N–H and O–H groups in total. The molecule has 1 fully saturated rings. The van der Waals surface area contributed by atoms with Gasteiger partial charge < -0.3 is 41.3 Å². The number of H-pyrrole nitrogens is 1. The van der Waals surface area contributed by atoms with E-state index >= 15 is 0 Å². The van der Waals surface area contributed by atoms with E-state index in [0.29, 0.717) is 16.9 Å². The number of aromatic hydroxyl groups is 1. The second-order valence-corrected chi connectivity index (χ2v) is 11.2. The smallest absolute Gasteiger partial charge is 0.230 e. The fraction of sp³-hybridized carbons (Fsp3) is 0.481. The molecule has 1 aromatic carbocycles. The Labute approximate surface area is 230 Å². The molecule has 0 spiro atoms. The number of likely N-dealkylation sites (N-methyl/N-ethyl adjacent to an activating group) is 1. The van der Waals surface area contributed by atoms with Gasteiger partial charge in [0.1, 0.15) is 17.4 Å². The van der Waals surface area contributed by atoms with Crippen molar-refractivity contribution in [1.29, 1.82) is 0 Å². The number of nitrogens with one attached hydrogen (secondary N) is 2. The number of ketones is 2. The number of fused-ring (bicyclic) bond motifs is 3. The zero-order valence-corrected chi connectivity index (χ0v) is 22.7. The van der Waals surface area contributed by atoms with Gasteiger partial charge in [0, 0.05) is 43.5 Å². The topological polar surface area (TPSA) is 205 Å². The van der Waals surface area contributed by atoms with Crippen LogP contribution in [0, 0.1) is 17.8 Å². The van der Waals surface area contributed by atoms with E-state index in [1.807, 2.05) is 4.90 Å². The quantitative estimate of drug-likeness (QED) is 0.182. The number of carbonyl (C=O) groups is 3. The average molecular weight is 555 g/mol. The minimum atomic E-state index is -2.62. The predicted molar refractivity (Wildman–Crippen MR) is 144 cm³/mol. The summed E-state index contributed by atoms with van der Waals surface area (Å²) < 4.78 is 0. The number of aliphatic hydroxyl groups excluding tert-OH is 2. The molecular weight excluding hydrogens is 520 g/mol. The van der Waals surface area contributed by atoms with Gasteiger partial charge in [-0.3, -0.25) is 19.5 Å². The molecule has 1 saturated carbocycles. The Kier molecular flexibility index (Phi) is 6.63. The number of phenols is 1. The Hall–Kier alpha value is -3.94. The number of allylic oxidation sites excluding steroid dienone is 1. The minimum Gasteiger partial charge on any atom is -0.508 e. The van der Waals surface area contributed by atoms with E-state index in [4.69, 9.17) is 5.73 Å². The van der Waals surface area contributed by atoms with Crippen LogP contribution in [-0.2, 0) is 22.6 Å². The van der Waals surface area contributed by atoms with Crippen LogP contribution in [0.5, 0.6) is 5.75 Å². The summed E-state index contributed by atoms with van der Waals surface area (Å²) in [6, 6.07) is 2.57. The van der Waals surface area contributed by atoms with Crippen LogP contribution >= 0.6 is 0 Å². The summed E-state index contributed by atoms with van der Waals surface area (Å²) in [7, 11) is 6.86. The molecule has 2 unspecified atom stereocenters. The lowest BCUT2D eigenvalue weighted by Gasteiger charge is -2.53. The van der Waals surface area contributed by atoms with Crippen molar-refractivity contribution in [1.82, 2.24) is 15.1 Å². The first kappa shape index (κ1) is 27.6. The first-order valence-corrected chi connectivity index (χ1v) is 13.0. The Balaban J connectivity index is 1.66. The molecule has 0 saturated heterocycles. The molecule has 13 nitrogen and oxygen atoms in total. The molecule has 5 rings (SSSR count). The van der Waals surface area contributed by atoms with Crippen LogP contribution in [0.25, 0.3) is 0 Å². The minimum absolute atomic E-state index is 0.0468. The van der Waals surface area contributed by atoms with Gasteiger partial charge in [0.05, 0.1) is 29.6 Å². The van der Waals surface area contributed by atoms with Gasteiger partial charge in [-0.25, -0.2) is 0 Å². The number of hydrogen-bond donors (Lipinski definition) is 7. The van der Waals surface area contributed by atoms with Gasteiger partial charge in [-0.05, 0) is 50.6 Å². The van der Waals surface area contributed by atoms with Gasteiger partial charge in [-0.15, -0.1) is 0 Å². The fourth-order valence-corrected chi connectivity index (χ4v) is 6.76. The van der Waals surface area contributed by atoms with Crippen molar-refractivity contribution in [2.45, 2.75) is 37.1 Å². The molecule has 13 heteroatoms. The number of aromatic nitrogens is 2. The number of amides is 1. The highest BCUT2D eigenvalue weighted by Crippen LogP contribution is 2.54. The van der Waals surface area contributed by atoms with Gasteiger partial charge in [0.2, 0.25) is 5.91 Å². The molecule has 214 valence electrons. The van der Waals surface area contributed by atoms with Crippen molar-refractivity contribution >= 4 is 28.8 Å². The van der Waals surface area contributed by atoms with E-state index in [2.05, 4.69) is 15.5 Å². The molecule has 0 bridgehead atoms. The van der Waals surface area contributed by atoms with E-state index in [1.165, 1.54) is 0 Å². The van der Waals surface area contributed by atoms with E-state index in [0.717, 1.165) is 0 Å². The number of Topliss-reactive ketones (excluding diaryl/α,β-unsaturated/α-hetero) is 2. The largest absolute Gasteiger partial charge is 0.508 e. The van der Waals surface area contributed by atoms with Gasteiger partial charge in [0.15, 0.2) is 17.2 Å². The highest BCUT2D eigenvalue weighted by molar-refractivity contribution is 6.17. The summed E-state index contributed by atoms with van der Waals surface area (Å²) in [5.41, 5.74) is 4.75. The molecule has 0 aliphatic heterocycles. The van der Waals surface area contributed by atoms with Crippen molar-refractivity contribution < 1.29 is 34.8 Å². The molecule has 1 aromatic heterocycles. The zero-order valence-electron chi connectivity index (χ0n) is 22.7. The third-order valence-corrected chi connectivity index (χ3v) is 8.57. The van der Waals surface area contributed by atoms with E-state index in [-0.39, 0.29) is 42.0 Å². The van der Waals surface area contributed by atoms with Gasteiger partial charge in [-0.2, -0.15) is 5.10 Å². The SMILES string of the molecule is CN(C)c1cc(NCc2cc[nH]n2)c(O)c2c1C[C@H]1C[C@H]3[C@H](N(C)C)C(O)C(C(N)=O)C(=O)[C@@]3(O)C(O)=C1C2=O. The molecular formula is C27H34N6O7. The number of aromatic amines is 1. The lowest BCUT2D eigenvalue weighted by atomic mass is 9.56. The van der Waals surface area contributed by atoms with Crippen LogP contribution in [0.15, 0.2) is 29.7 Å². The molecule has 3 aliphatic carbocycles. The lowest BCUT2D eigenvalue weighted by Crippen LogP contribution is -2.71. The summed E-state index contributed by atoms with van der Waals surface area (Å²) in [6.45, 7) is 0.256. The zero-order chi connectivity index (χ0) is 29.3. The maximum atomic E-state index is 14.0. The number of aliphatic hydroxyl groups is 3. The van der Waals surface area contributed by atoms with Crippen molar-refractivity contribution in [3.63, 3.8) is 0 Å². The summed E-state index contributed by atoms with van der Waals surface area (Å²) in [4.78, 5) is 43.1. The summed E-state index contributed by atoms with van der Waals surface area (Å²) in [6.07, 6.45) is 0.419. The lowest BCUT2D eigenvalue weighted by molar-refractivity contribution is -0.178. The van der Waals surface area contributed by atoms with Gasteiger partial charge in [-0.1, -0.05) is 0 Å². The second-order valence-electron chi connectivity index (χ2n) is 11.2. The Morgan fingerprint density at radius 1 is 1.25 bits per heavy atom. The van der Waals surface area contributed by atoms with Crippen LogP contribution in [0.2, 0.25) is 0 Å². The van der Waals surface area contributed by atoms with Crippen molar-refractivity contribution in [3.8, 4) is 5.75 Å². The number of hydrogen-bond acceptors (Lipinski definition) is 11. The van der Waals surface area contributed by atoms with Crippen LogP contribution in [0.3, 0.4) is 0 Å². The number of benzene rings is 1. The maximum Gasteiger partial charge on any atom is 0.230 e. The van der Waals surface area contributed by atoms with Crippen LogP contribution < -0.4 is 16.0 Å². The third-order valence-electron chi connectivity index (χ3n) is 8.57. The predicted octanol–water partition coefficient (Wildman–Crippen LogP) is -0.313. The van der Waals surface area contributed by atoms with Crippen LogP contribution in [0.4, 0.5) is 11.4 Å². The molecule has 3 aliphatic rings. The van der Waals surface area contributed by atoms with Gasteiger partial charge in [0.25, 0.3) is 0 Å². The molecule has 1 amide bonds. The highest BCUT2D eigenvalue weighted by Gasteiger charge is 2.66. The normalized spacial score (nSPS) is 29.6. The van der Waals surface area contributed by atoms with E-state index < -0.39 is 58.7 Å². The van der Waals surface area contributed by atoms with Crippen molar-refractivity contribution in [2.24, 2.45) is 23.5 Å². The number of phenolic OH excluding ortho intramolecular Hbond substituents is 1. The third kappa shape index (κ3) is 3.87. The first-order chi connectivity index (χ1) is 18.8. The van der Waals surface area contributed by atoms with E-state index in [9.17, 15) is 34.8 Å². The van der Waals surface area contributed by atoms with E-state index in [1.54, 1.807) is 51.4 Å². The molecule has 1 heterocycles. The number of anilines is 2. The Bertz CT molecular complexity index is 1420. The number of nitrogens with two attached hydrogens (primary N) is 1. The highest BCUT2D eigenvalue weighted by atomic mass is 16.3. The summed E-state index contributed by atoms with van der Waals surface area (Å²) in [5, 5.41) is 55.4. The Morgan fingerprint density at radius 2 is 1.95 bits per heavy atom. The molecule has 0 radical (unpaired) electrons. The fourth-order valence-electron chi connectivity index (χ4n) is 6.76. The van der Waals surface area contributed by atoms with Crippen LogP contribution in [-0.4, -0.2) is 98.9 Å². The van der Waals surface area contributed by atoms with Gasteiger partial charge >= 0.3 is 0 Å². The second kappa shape index (κ2) is 9.61. The number of rotatable bonds is 6. The maximum absolute atomic E-state index is 14.0. The number of primary amides is 1. The standard InChI is InChI=1S/C27H34N6O7/c1-32(2)16-9-15(29-10-12-5-6-30-31-12)21(34)18-13(16)7-11-8-14-20(33(3)4)23(36)19(26(28)39)25(38)27(14,40)24(37)17(11)22(18)35/h5-6,9,11,14,19-20,23,29,34,36-37,40H,7-8,10H2,1-4H3,(H2,28,39)(H,30,31)/t11-,14-,19?,20-,23?,27-/m0/s1. The first-order valence-electron chi connectivity index (χ1n) is 13.0. The van der Waals surface area contributed by atoms with Crippen LogP contribution in [0.1, 0.15) is 28.0 Å². The number of carbonyl (C=O) groups excluding carboxylic acids is 3. The Morgan fingerprint density at radius 3 is 2.52 bits per heavy atom. The molecule has 6 atom stereocenters. The number of nitrogens with zero attached hydrogens (tertiary/aromatic N) is 3. The molecule has 40 heavy (non-hydrogen) atoms. The van der Waals surface area contributed by atoms with Crippen molar-refractivity contribution in [3.05, 3.63) is 46.5 Å². The average Bonchev–Trinajstić information content (AvgIpc) is 3.39. The summed E-state index contributed by atoms with van der Waals surface area (Å²) >= 11 is 0. The summed E-state index contributed by atoms with van der Waals surface area (Å²) in [5.74, 6) is -7.65. The monoisotopic (exact) mass is 554 g/mol. The molecule has 2 aromatic rings.